The molecule has 332 valence electrons. The lowest BCUT2D eigenvalue weighted by atomic mass is 9.72. The Balaban J connectivity index is 2.90. The molecule has 6 heteroatoms. The molecule has 6 nitrogen and oxygen atoms in total. The Kier molecular flexibility index (Phi) is 19.4. The molecule has 1 heterocycles. The zero-order valence-electron chi connectivity index (χ0n) is 41.3. The van der Waals surface area contributed by atoms with Crippen LogP contribution in [0.1, 0.15) is 228 Å². The Morgan fingerprint density at radius 2 is 0.982 bits per heavy atom. The number of ketones is 3. The maximum Gasteiger partial charge on any atom is 0.158 e. The van der Waals surface area contributed by atoms with Crippen LogP contribution in [0.2, 0.25) is 0 Å². The predicted octanol–water partition coefficient (Wildman–Crippen LogP) is 12.9. The van der Waals surface area contributed by atoms with Crippen molar-refractivity contribution in [1.29, 1.82) is 0 Å². The summed E-state index contributed by atoms with van der Waals surface area (Å²) in [7, 11) is 0. The van der Waals surface area contributed by atoms with Crippen LogP contribution in [0.25, 0.3) is 0 Å². The van der Waals surface area contributed by atoms with Crippen LogP contribution in [-0.4, -0.2) is 62.0 Å². The van der Waals surface area contributed by atoms with Crippen molar-refractivity contribution in [3.8, 4) is 0 Å². The average molecular weight is 798 g/mol. The van der Waals surface area contributed by atoms with Gasteiger partial charge in [0.15, 0.2) is 17.3 Å². The van der Waals surface area contributed by atoms with Crippen LogP contribution in [0.3, 0.4) is 0 Å². The van der Waals surface area contributed by atoms with E-state index in [1.165, 1.54) is 0 Å². The normalized spacial score (nSPS) is 20.3. The summed E-state index contributed by atoms with van der Waals surface area (Å²) in [6.07, 6.45) is 23.6. The Morgan fingerprint density at radius 3 is 1.42 bits per heavy atom. The highest BCUT2D eigenvalue weighted by atomic mass is 16.1. The molecular formula is C51H95N3O3. The van der Waals surface area contributed by atoms with Crippen molar-refractivity contribution in [3.05, 3.63) is 24.3 Å². The predicted molar refractivity (Wildman–Crippen MR) is 247 cm³/mol. The minimum Gasteiger partial charge on any atom is -0.300 e. The fourth-order valence-electron chi connectivity index (χ4n) is 9.72. The second-order valence-corrected chi connectivity index (χ2v) is 24.2. The molecule has 1 rings (SSSR count). The zero-order valence-corrected chi connectivity index (χ0v) is 41.3. The fourth-order valence-corrected chi connectivity index (χ4v) is 9.72. The first-order chi connectivity index (χ1) is 25.6. The van der Waals surface area contributed by atoms with Crippen molar-refractivity contribution >= 4 is 17.3 Å². The van der Waals surface area contributed by atoms with E-state index in [-0.39, 0.29) is 22.0 Å². The van der Waals surface area contributed by atoms with Gasteiger partial charge in [-0.05, 0) is 153 Å². The van der Waals surface area contributed by atoms with Crippen LogP contribution >= 0.6 is 0 Å². The third kappa shape index (κ3) is 17.5. The second-order valence-electron chi connectivity index (χ2n) is 24.2. The van der Waals surface area contributed by atoms with Gasteiger partial charge >= 0.3 is 0 Å². The van der Waals surface area contributed by atoms with Gasteiger partial charge in [0.25, 0.3) is 0 Å². The smallest absolute Gasteiger partial charge is 0.158 e. The molecule has 1 saturated heterocycles. The summed E-state index contributed by atoms with van der Waals surface area (Å²) in [5.41, 5.74) is -3.20. The Labute approximate surface area is 354 Å². The first kappa shape index (κ1) is 53.4. The van der Waals surface area contributed by atoms with E-state index in [2.05, 4.69) is 151 Å². The summed E-state index contributed by atoms with van der Waals surface area (Å²) in [6.45, 7) is 41.2. The van der Waals surface area contributed by atoms with Crippen molar-refractivity contribution in [2.24, 2.45) is 16.2 Å². The lowest BCUT2D eigenvalue weighted by Crippen LogP contribution is -2.61. The minimum atomic E-state index is -0.596. The molecule has 2 N–H and O–H groups in total. The molecule has 0 amide bonds. The molecule has 1 aliphatic heterocycles. The number of nitrogens with zero attached hydrogens (tertiary/aromatic N) is 1. The number of likely N-dealkylation sites (tertiary alicyclic amines) is 1. The van der Waals surface area contributed by atoms with Gasteiger partial charge in [-0.15, -0.1) is 0 Å². The van der Waals surface area contributed by atoms with Crippen molar-refractivity contribution < 1.29 is 14.4 Å². The highest BCUT2D eigenvalue weighted by Crippen LogP contribution is 2.43. The number of Topliss-reactive ketones (excluding diaryl/α,β-unsaturated/α-hetero) is 3. The van der Waals surface area contributed by atoms with E-state index >= 15 is 0 Å². The van der Waals surface area contributed by atoms with Gasteiger partial charge in [0.05, 0.1) is 16.6 Å². The molecular weight excluding hydrogens is 703 g/mol. The summed E-state index contributed by atoms with van der Waals surface area (Å²) >= 11 is 0. The van der Waals surface area contributed by atoms with Crippen LogP contribution in [-0.2, 0) is 14.4 Å². The van der Waals surface area contributed by atoms with E-state index in [0.29, 0.717) is 17.3 Å². The van der Waals surface area contributed by atoms with Crippen molar-refractivity contribution in [2.75, 3.05) is 6.54 Å². The standard InChI is InChI=1S/C51H95N3O3/c1-43(2,3)40(55)49(19,52-46(10,11)12)34-29-25-23-21-20-22-24-26-30-35-50(53-47(13,14)15,41(56)44(4,5)6)36-31-27-28-32-37-51(42(57)45(7,8)9)38-33-39-54(51)48(16,17)18/h22,24,28,32,52-53H,20-21,23,25-27,29-31,33-39H2,1-19H3/b24-22+,32-28+/t49-,50?,51-/m0/s1. The maximum atomic E-state index is 14.3. The third-order valence-electron chi connectivity index (χ3n) is 11.5. The molecule has 0 aromatic rings. The van der Waals surface area contributed by atoms with E-state index in [9.17, 15) is 14.4 Å². The van der Waals surface area contributed by atoms with Crippen LogP contribution in [0.15, 0.2) is 24.3 Å². The van der Waals surface area contributed by atoms with Gasteiger partial charge in [-0.25, -0.2) is 0 Å². The number of carbonyl (C=O) groups excluding carboxylic acids is 3. The van der Waals surface area contributed by atoms with Crippen molar-refractivity contribution in [1.82, 2.24) is 15.5 Å². The van der Waals surface area contributed by atoms with Gasteiger partial charge < -0.3 is 10.6 Å². The molecule has 0 spiro atoms. The lowest BCUT2D eigenvalue weighted by Gasteiger charge is -2.47. The van der Waals surface area contributed by atoms with E-state index in [1.54, 1.807) is 0 Å². The number of nitrogens with one attached hydrogen (secondary N) is 2. The van der Waals surface area contributed by atoms with Gasteiger partial charge in [0, 0.05) is 32.9 Å². The molecule has 1 aliphatic rings. The Hall–Kier alpha value is -1.63. The molecule has 1 fully saturated rings. The average Bonchev–Trinajstić information content (AvgIpc) is 3.46. The van der Waals surface area contributed by atoms with E-state index in [0.717, 1.165) is 103 Å². The topological polar surface area (TPSA) is 78.5 Å². The van der Waals surface area contributed by atoms with Gasteiger partial charge in [-0.3, -0.25) is 19.3 Å². The molecule has 57 heavy (non-hydrogen) atoms. The van der Waals surface area contributed by atoms with Gasteiger partial charge in [-0.1, -0.05) is 106 Å². The molecule has 0 aromatic heterocycles. The Bertz CT molecular complexity index is 1330. The monoisotopic (exact) mass is 798 g/mol. The second kappa shape index (κ2) is 20.8. The number of hydrogen-bond donors (Lipinski definition) is 2. The summed E-state index contributed by atoms with van der Waals surface area (Å²) in [5.74, 6) is 0.946. The van der Waals surface area contributed by atoms with Crippen molar-refractivity contribution in [3.63, 3.8) is 0 Å². The molecule has 3 atom stereocenters. The van der Waals surface area contributed by atoms with Crippen LogP contribution in [0.4, 0.5) is 0 Å². The summed E-state index contributed by atoms with van der Waals surface area (Å²) in [5, 5.41) is 7.51. The molecule has 0 bridgehead atoms. The zero-order chi connectivity index (χ0) is 44.4. The van der Waals surface area contributed by atoms with Crippen LogP contribution < -0.4 is 10.6 Å². The number of carbonyl (C=O) groups is 3. The summed E-state index contributed by atoms with van der Waals surface area (Å²) in [4.78, 5) is 44.2. The van der Waals surface area contributed by atoms with Crippen LogP contribution in [0, 0.1) is 16.2 Å². The van der Waals surface area contributed by atoms with E-state index in [4.69, 9.17) is 0 Å². The Morgan fingerprint density at radius 1 is 0.526 bits per heavy atom. The largest absolute Gasteiger partial charge is 0.300 e. The number of hydrogen-bond acceptors (Lipinski definition) is 6. The highest BCUT2D eigenvalue weighted by Gasteiger charge is 2.53. The number of allylic oxidation sites excluding steroid dienone is 3. The van der Waals surface area contributed by atoms with Gasteiger partial charge in [-0.2, -0.15) is 0 Å². The van der Waals surface area contributed by atoms with Gasteiger partial charge in [0.2, 0.25) is 0 Å². The van der Waals surface area contributed by atoms with Crippen LogP contribution in [0.5, 0.6) is 0 Å². The molecule has 0 aliphatic carbocycles. The number of rotatable bonds is 22. The molecule has 0 saturated carbocycles. The van der Waals surface area contributed by atoms with Gasteiger partial charge in [0.1, 0.15) is 0 Å². The maximum absolute atomic E-state index is 14.3. The third-order valence-corrected chi connectivity index (χ3v) is 11.5. The molecule has 0 aromatic carbocycles. The quantitative estimate of drug-likeness (QED) is 0.0839. The summed E-state index contributed by atoms with van der Waals surface area (Å²) < 4.78 is 0. The van der Waals surface area contributed by atoms with E-state index < -0.39 is 27.4 Å². The number of unbranched alkanes of at least 4 members (excludes halogenated alkanes) is 6. The first-order valence-electron chi connectivity index (χ1n) is 22.9. The lowest BCUT2D eigenvalue weighted by molar-refractivity contribution is -0.140. The van der Waals surface area contributed by atoms with Crippen molar-refractivity contribution in [2.45, 2.75) is 261 Å². The molecule has 0 radical (unpaired) electrons. The fraction of sp³-hybridized carbons (Fsp3) is 0.863. The first-order valence-corrected chi connectivity index (χ1v) is 22.9. The SMILES string of the molecule is CC(C)(C)NC(CCC/C=C/CCCCCC[C@](C)(NC(C)(C)C)C(=O)C(C)(C)C)(CCC/C=C/C[C@@]1(C(=O)C(C)(C)C)CCCN1C(C)(C)C)C(=O)C(C)(C)C. The minimum absolute atomic E-state index is 0.0751. The highest BCUT2D eigenvalue weighted by molar-refractivity contribution is 5.94. The molecule has 1 unspecified atom stereocenters. The summed E-state index contributed by atoms with van der Waals surface area (Å²) in [6, 6.07) is 0. The van der Waals surface area contributed by atoms with E-state index in [1.807, 2.05) is 20.8 Å².